The Kier molecular flexibility index (Phi) is 7.65. The molecule has 0 unspecified atom stereocenters. The number of hydrogen-bond acceptors (Lipinski definition) is 12. The van der Waals surface area contributed by atoms with Gasteiger partial charge in [0.1, 0.15) is 22.8 Å². The monoisotopic (exact) mass is 633 g/mol. The van der Waals surface area contributed by atoms with Crippen LogP contribution < -0.4 is 10.6 Å². The van der Waals surface area contributed by atoms with Crippen molar-refractivity contribution in [1.29, 1.82) is 0 Å². The molecule has 15 heteroatoms. The van der Waals surface area contributed by atoms with Gasteiger partial charge in [-0.05, 0) is 44.6 Å². The van der Waals surface area contributed by atoms with E-state index in [1.54, 1.807) is 39.2 Å². The molecule has 1 saturated heterocycles. The number of nitrogens with two attached hydrogens (primary N) is 1. The summed E-state index contributed by atoms with van der Waals surface area (Å²) in [7, 11) is 3.25. The maximum absolute atomic E-state index is 14.6. The Morgan fingerprint density at radius 3 is 2.20 bits per heavy atom. The molecule has 0 spiro atoms. The van der Waals surface area contributed by atoms with Gasteiger partial charge in [0, 0.05) is 69.4 Å². The number of aromatic hydroxyl groups is 1. The first-order valence-corrected chi connectivity index (χ1v) is 16.1. The molecule has 3 aliphatic carbocycles. The van der Waals surface area contributed by atoms with Crippen LogP contribution in [0.25, 0.3) is 5.76 Å². The fraction of sp³-hybridized carbons (Fsp3) is 0.552. The summed E-state index contributed by atoms with van der Waals surface area (Å²) in [5, 5.41) is 46.1. The number of aliphatic hydroxyl groups excluding tert-OH is 2. The van der Waals surface area contributed by atoms with Gasteiger partial charge in [-0.1, -0.05) is 0 Å². The van der Waals surface area contributed by atoms with Gasteiger partial charge >= 0.3 is 0 Å². The topological polar surface area (TPSA) is 205 Å². The lowest BCUT2D eigenvalue weighted by Gasteiger charge is -2.56. The smallest absolute Gasteiger partial charge is 0.255 e. The van der Waals surface area contributed by atoms with E-state index in [0.29, 0.717) is 24.3 Å². The summed E-state index contributed by atoms with van der Waals surface area (Å²) < 4.78 is 25.7. The molecule has 1 heterocycles. The summed E-state index contributed by atoms with van der Waals surface area (Å²) >= 11 is 0. The van der Waals surface area contributed by atoms with Crippen LogP contribution in [0.2, 0.25) is 0 Å². The number of piperazine rings is 1. The van der Waals surface area contributed by atoms with E-state index in [9.17, 15) is 43.2 Å². The van der Waals surface area contributed by atoms with E-state index in [4.69, 9.17) is 5.73 Å². The number of carbonyl (C=O) groups is 3. The second kappa shape index (κ2) is 10.5. The van der Waals surface area contributed by atoms with Gasteiger partial charge in [-0.15, -0.1) is 0 Å². The Balaban J connectivity index is 1.75. The number of nitrogens with zero attached hydrogens (tertiary/aromatic N) is 4. The lowest BCUT2D eigenvalue weighted by molar-refractivity contribution is -0.158. The number of anilines is 1. The van der Waals surface area contributed by atoms with Gasteiger partial charge in [-0.25, -0.2) is 8.42 Å². The molecule has 0 radical (unpaired) electrons. The van der Waals surface area contributed by atoms with Crippen LogP contribution in [0.5, 0.6) is 5.75 Å². The highest BCUT2D eigenvalue weighted by Crippen LogP contribution is 2.59. The second-order valence-electron chi connectivity index (χ2n) is 12.7. The minimum atomic E-state index is -3.43. The number of carbonyl (C=O) groups excluding carboxylic acids is 3. The van der Waals surface area contributed by atoms with Crippen molar-refractivity contribution in [2.45, 2.75) is 24.5 Å². The van der Waals surface area contributed by atoms with E-state index < -0.39 is 67.6 Å². The third-order valence-electron chi connectivity index (χ3n) is 9.61. The number of sulfonamides is 1. The minimum absolute atomic E-state index is 0.00811. The number of Topliss-reactive ketones (excluding diaryl/α,β-unsaturated/α-hetero) is 2. The molecule has 44 heavy (non-hydrogen) atoms. The number of aliphatic hydroxyl groups is 3. The number of fused-ring (bicyclic) bond motifs is 3. The first kappa shape index (κ1) is 31.9. The van der Waals surface area contributed by atoms with Crippen molar-refractivity contribution >= 4 is 38.9 Å². The standard InChI is InChI=1S/C29H39N5O9S/c1-31(2)17-6-7-18(35)19-15(17)12-28(14-33-8-10-34(11-9-33)44(5,42)43)13-16-22(32(3)4)24(37)20(27(30)40)25(38)29(16,41)26(39)21(28)23(19)36/h6-7,16,22,35-36,38,41H,8-14H2,1-5H3,(H2,30,40)/t16-,22-,28-,29+/m0/s1. The Labute approximate surface area is 255 Å². The number of phenolic OH excluding ortho intramolecular Hbond substituents is 1. The molecule has 1 aromatic carbocycles. The van der Waals surface area contributed by atoms with Crippen molar-refractivity contribution < 1.29 is 43.2 Å². The Morgan fingerprint density at radius 1 is 1.07 bits per heavy atom. The number of phenols is 1. The van der Waals surface area contributed by atoms with Crippen molar-refractivity contribution in [3.8, 4) is 5.75 Å². The number of hydrogen-bond donors (Lipinski definition) is 5. The zero-order valence-corrected chi connectivity index (χ0v) is 26.2. The number of likely N-dealkylation sites (N-methyl/N-ethyl adjacent to an activating group) is 1. The lowest BCUT2D eigenvalue weighted by Crippen LogP contribution is -2.68. The normalized spacial score (nSPS) is 29.9. The first-order chi connectivity index (χ1) is 20.4. The number of rotatable bonds is 6. The minimum Gasteiger partial charge on any atom is -0.508 e. The van der Waals surface area contributed by atoms with Crippen LogP contribution in [0, 0.1) is 11.3 Å². The Bertz CT molecular complexity index is 1630. The van der Waals surface area contributed by atoms with E-state index in [1.807, 2.05) is 4.90 Å². The average molecular weight is 634 g/mol. The third kappa shape index (κ3) is 4.60. The number of amides is 1. The maximum atomic E-state index is 14.6. The zero-order chi connectivity index (χ0) is 32.7. The molecule has 240 valence electrons. The summed E-state index contributed by atoms with van der Waals surface area (Å²) in [6.45, 7) is 1.16. The van der Waals surface area contributed by atoms with Gasteiger partial charge in [-0.3, -0.25) is 24.2 Å². The summed E-state index contributed by atoms with van der Waals surface area (Å²) in [5.41, 5.74) is 1.51. The van der Waals surface area contributed by atoms with E-state index >= 15 is 0 Å². The highest BCUT2D eigenvalue weighted by atomic mass is 32.2. The van der Waals surface area contributed by atoms with Crippen LogP contribution >= 0.6 is 0 Å². The summed E-state index contributed by atoms with van der Waals surface area (Å²) in [6, 6.07) is 1.84. The van der Waals surface area contributed by atoms with Gasteiger partial charge in [0.05, 0.1) is 17.9 Å². The molecule has 0 bridgehead atoms. The lowest BCUT2D eigenvalue weighted by atomic mass is 9.51. The van der Waals surface area contributed by atoms with E-state index in [1.165, 1.54) is 15.3 Å². The predicted molar refractivity (Wildman–Crippen MR) is 160 cm³/mol. The van der Waals surface area contributed by atoms with Crippen LogP contribution in [0.15, 0.2) is 29.0 Å². The molecule has 4 atom stereocenters. The van der Waals surface area contributed by atoms with Crippen LogP contribution in [-0.4, -0.2) is 139 Å². The molecule has 0 aromatic heterocycles. The molecule has 6 N–H and O–H groups in total. The van der Waals surface area contributed by atoms with Crippen molar-refractivity contribution in [3.63, 3.8) is 0 Å². The van der Waals surface area contributed by atoms with E-state index in [0.717, 1.165) is 6.26 Å². The zero-order valence-electron chi connectivity index (χ0n) is 25.4. The van der Waals surface area contributed by atoms with Gasteiger partial charge in [-0.2, -0.15) is 4.31 Å². The predicted octanol–water partition coefficient (Wildman–Crippen LogP) is -1.02. The summed E-state index contributed by atoms with van der Waals surface area (Å²) in [6.07, 6.45) is 1.15. The highest BCUT2D eigenvalue weighted by molar-refractivity contribution is 7.88. The molecule has 1 amide bonds. The van der Waals surface area contributed by atoms with Crippen LogP contribution in [0.3, 0.4) is 0 Å². The SMILES string of the molecule is CN(C)c1ccc(O)c2c1C[C@@]1(CN3CCN(S(C)(=O)=O)CC3)C[C@H]3[C@H](N(C)C)C(=O)C(C(N)=O)=C(O)[C@@]3(O)C(=O)C1=C2O. The van der Waals surface area contributed by atoms with Crippen LogP contribution in [0.4, 0.5) is 5.69 Å². The summed E-state index contributed by atoms with van der Waals surface area (Å²) in [5.74, 6) is -6.52. The van der Waals surface area contributed by atoms with E-state index in [-0.39, 0.29) is 49.4 Å². The van der Waals surface area contributed by atoms with Crippen molar-refractivity contribution in [2.24, 2.45) is 17.1 Å². The third-order valence-corrected chi connectivity index (χ3v) is 10.9. The van der Waals surface area contributed by atoms with Crippen molar-refractivity contribution in [2.75, 3.05) is 72.1 Å². The van der Waals surface area contributed by atoms with Crippen molar-refractivity contribution in [1.82, 2.24) is 14.1 Å². The molecule has 14 nitrogen and oxygen atoms in total. The fourth-order valence-electron chi connectivity index (χ4n) is 7.68. The molecule has 2 fully saturated rings. The molecular weight excluding hydrogens is 594 g/mol. The maximum Gasteiger partial charge on any atom is 0.255 e. The molecule has 5 rings (SSSR count). The van der Waals surface area contributed by atoms with Crippen LogP contribution in [0.1, 0.15) is 17.5 Å². The number of ketones is 2. The molecule has 1 aromatic rings. The Hall–Kier alpha value is -3.50. The molecular formula is C29H39N5O9S. The number of primary amides is 1. The number of benzene rings is 1. The largest absolute Gasteiger partial charge is 0.508 e. The van der Waals surface area contributed by atoms with Crippen LogP contribution in [-0.2, 0) is 30.8 Å². The van der Waals surface area contributed by atoms with E-state index in [2.05, 4.69) is 0 Å². The second-order valence-corrected chi connectivity index (χ2v) is 14.7. The van der Waals surface area contributed by atoms with Gasteiger partial charge in [0.25, 0.3) is 5.91 Å². The molecule has 1 aliphatic heterocycles. The van der Waals surface area contributed by atoms with Gasteiger partial charge < -0.3 is 31.1 Å². The molecule has 4 aliphatic rings. The van der Waals surface area contributed by atoms with Gasteiger partial charge in [0.2, 0.25) is 15.8 Å². The molecule has 1 saturated carbocycles. The fourth-order valence-corrected chi connectivity index (χ4v) is 8.51. The quantitative estimate of drug-likeness (QED) is 0.239. The average Bonchev–Trinajstić information content (AvgIpc) is 2.90. The van der Waals surface area contributed by atoms with Gasteiger partial charge in [0.15, 0.2) is 11.4 Å². The Morgan fingerprint density at radius 2 is 1.68 bits per heavy atom. The first-order valence-electron chi connectivity index (χ1n) is 14.2. The van der Waals surface area contributed by atoms with Crippen molar-refractivity contribution in [3.05, 3.63) is 40.2 Å². The summed E-state index contributed by atoms with van der Waals surface area (Å²) in [4.78, 5) is 45.8. The highest BCUT2D eigenvalue weighted by Gasteiger charge is 2.68.